The summed E-state index contributed by atoms with van der Waals surface area (Å²) >= 11 is 0. The molecule has 4 amide bonds. The van der Waals surface area contributed by atoms with Gasteiger partial charge in [0.25, 0.3) is 0 Å². The Hall–Kier alpha value is -2.40. The highest BCUT2D eigenvalue weighted by Crippen LogP contribution is 2.03. The lowest BCUT2D eigenvalue weighted by Crippen LogP contribution is -2.50. The average Bonchev–Trinajstić information content (AvgIpc) is 2.63. The summed E-state index contributed by atoms with van der Waals surface area (Å²) < 4.78 is 0. The maximum absolute atomic E-state index is 10.6. The summed E-state index contributed by atoms with van der Waals surface area (Å²) in [6.07, 6.45) is 1.09. The summed E-state index contributed by atoms with van der Waals surface area (Å²) in [7, 11) is 0. The van der Waals surface area contributed by atoms with Crippen LogP contribution in [0.25, 0.3) is 0 Å². The van der Waals surface area contributed by atoms with Crippen LogP contribution < -0.4 is 33.3 Å². The average molecular weight is 215 g/mol. The van der Waals surface area contributed by atoms with Crippen LogP contribution >= 0.6 is 0 Å². The summed E-state index contributed by atoms with van der Waals surface area (Å²) in [6, 6.07) is -1.90. The number of carbonyl (C=O) groups is 2. The van der Waals surface area contributed by atoms with Crippen LogP contribution in [0.15, 0.2) is 6.20 Å². The van der Waals surface area contributed by atoms with E-state index in [1.807, 2.05) is 0 Å². The lowest BCUT2D eigenvalue weighted by Gasteiger charge is -2.11. The van der Waals surface area contributed by atoms with Gasteiger partial charge >= 0.3 is 12.1 Å². The minimum atomic E-state index is -0.964. The van der Waals surface area contributed by atoms with Gasteiger partial charge in [-0.25, -0.2) is 26.3 Å². The molecule has 0 aliphatic rings. The fourth-order valence-electron chi connectivity index (χ4n) is 0.676. The Labute approximate surface area is 83.1 Å². The highest BCUT2D eigenvalue weighted by Gasteiger charge is 2.15. The SMILES string of the molecule is NC(=O)N(N)c1cn(N(N)C(N)=O)nn1. The first kappa shape index (κ1) is 10.7. The lowest BCUT2D eigenvalue weighted by molar-refractivity contribution is 0.247. The van der Waals surface area contributed by atoms with E-state index in [1.165, 1.54) is 0 Å². The molecule has 0 atom stereocenters. The highest BCUT2D eigenvalue weighted by molar-refractivity contribution is 5.88. The molecule has 0 unspecified atom stereocenters. The van der Waals surface area contributed by atoms with Crippen molar-refractivity contribution in [2.24, 2.45) is 23.2 Å². The van der Waals surface area contributed by atoms with Gasteiger partial charge in [-0.1, -0.05) is 0 Å². The molecular formula is C4H9N9O2. The number of primary amides is 2. The molecule has 1 heterocycles. The number of hydrazine groups is 2. The van der Waals surface area contributed by atoms with Gasteiger partial charge in [0.1, 0.15) is 0 Å². The maximum Gasteiger partial charge on any atom is 0.350 e. The number of aromatic nitrogens is 3. The zero-order valence-electron chi connectivity index (χ0n) is 7.44. The van der Waals surface area contributed by atoms with Crippen LogP contribution in [-0.2, 0) is 0 Å². The quantitative estimate of drug-likeness (QED) is 0.231. The van der Waals surface area contributed by atoms with Gasteiger partial charge in [-0.15, -0.1) is 15.0 Å². The summed E-state index contributed by atoms with van der Waals surface area (Å²) in [5.74, 6) is 10.3. The second-order valence-corrected chi connectivity index (χ2v) is 2.39. The van der Waals surface area contributed by atoms with Crippen molar-refractivity contribution in [3.05, 3.63) is 6.20 Å². The molecule has 11 nitrogen and oxygen atoms in total. The molecule has 1 aromatic rings. The second-order valence-electron chi connectivity index (χ2n) is 2.39. The number of urea groups is 2. The minimum Gasteiger partial charge on any atom is -0.350 e. The Bertz CT molecular complexity index is 351. The molecule has 0 saturated heterocycles. The van der Waals surface area contributed by atoms with E-state index in [-0.39, 0.29) is 5.82 Å². The van der Waals surface area contributed by atoms with Gasteiger partial charge < -0.3 is 11.5 Å². The molecule has 0 aliphatic carbocycles. The van der Waals surface area contributed by atoms with Gasteiger partial charge in [0, 0.05) is 0 Å². The number of amides is 4. The maximum atomic E-state index is 10.6. The van der Waals surface area contributed by atoms with Gasteiger partial charge in [-0.05, 0) is 5.21 Å². The Balaban J connectivity index is 2.89. The van der Waals surface area contributed by atoms with Crippen molar-refractivity contribution >= 4 is 17.9 Å². The highest BCUT2D eigenvalue weighted by atomic mass is 16.2. The fraction of sp³-hybridized carbons (Fsp3) is 0. The first-order chi connectivity index (χ1) is 6.93. The largest absolute Gasteiger partial charge is 0.350 e. The van der Waals surface area contributed by atoms with Crippen molar-refractivity contribution in [2.45, 2.75) is 0 Å². The van der Waals surface area contributed by atoms with Gasteiger partial charge in [0.15, 0.2) is 5.82 Å². The molecular weight excluding hydrogens is 206 g/mol. The van der Waals surface area contributed by atoms with Gasteiger partial charge in [0.05, 0.1) is 6.20 Å². The molecule has 0 radical (unpaired) electrons. The van der Waals surface area contributed by atoms with E-state index in [4.69, 9.17) is 23.2 Å². The number of rotatable bonds is 2. The molecule has 0 aromatic carbocycles. The fourth-order valence-corrected chi connectivity index (χ4v) is 0.676. The van der Waals surface area contributed by atoms with Crippen molar-refractivity contribution in [2.75, 3.05) is 10.1 Å². The van der Waals surface area contributed by atoms with Crippen LogP contribution in [0.5, 0.6) is 0 Å². The molecule has 15 heavy (non-hydrogen) atoms. The Kier molecular flexibility index (Phi) is 2.68. The zero-order chi connectivity index (χ0) is 11.6. The number of carbonyl (C=O) groups excluding carboxylic acids is 2. The number of anilines is 1. The molecule has 0 fully saturated rings. The van der Waals surface area contributed by atoms with Crippen molar-refractivity contribution < 1.29 is 9.59 Å². The molecule has 0 spiro atoms. The number of nitrogens with two attached hydrogens (primary N) is 4. The van der Waals surface area contributed by atoms with Crippen molar-refractivity contribution in [3.8, 4) is 0 Å². The molecule has 1 rings (SSSR count). The summed E-state index contributed by atoms with van der Waals surface area (Å²) in [5.41, 5.74) is 9.71. The number of hydrogen-bond acceptors (Lipinski definition) is 6. The minimum absolute atomic E-state index is 0.0841. The smallest absolute Gasteiger partial charge is 0.350 e. The zero-order valence-corrected chi connectivity index (χ0v) is 7.44. The Morgan fingerprint density at radius 3 is 2.33 bits per heavy atom. The Morgan fingerprint density at radius 1 is 1.27 bits per heavy atom. The van der Waals surface area contributed by atoms with Crippen LogP contribution in [0.3, 0.4) is 0 Å². The van der Waals surface area contributed by atoms with E-state index < -0.39 is 12.1 Å². The first-order valence-electron chi connectivity index (χ1n) is 3.54. The molecule has 8 N–H and O–H groups in total. The molecule has 0 bridgehead atoms. The van der Waals surface area contributed by atoms with E-state index in [0.29, 0.717) is 10.1 Å². The summed E-state index contributed by atoms with van der Waals surface area (Å²) in [5, 5.41) is 7.79. The van der Waals surface area contributed by atoms with Gasteiger partial charge in [0.2, 0.25) is 0 Å². The third kappa shape index (κ3) is 2.09. The molecule has 11 heteroatoms. The van der Waals surface area contributed by atoms with Gasteiger partial charge in [-0.3, -0.25) is 0 Å². The molecule has 0 saturated carbocycles. The normalized spacial score (nSPS) is 9.73. The van der Waals surface area contributed by atoms with Gasteiger partial charge in [-0.2, -0.15) is 0 Å². The standard InChI is InChI=1S/C4H9N9O2/c5-3(14)12(7)2-1-11(10-9-2)13(8)4(6)15/h1H,7-8H2,(H2,5,14)(H2,6,15). The van der Waals surface area contributed by atoms with Crippen molar-refractivity contribution in [1.82, 2.24) is 15.1 Å². The Morgan fingerprint density at radius 2 is 1.87 bits per heavy atom. The predicted octanol–water partition coefficient (Wildman–Crippen LogP) is -3.07. The summed E-state index contributed by atoms with van der Waals surface area (Å²) in [4.78, 5) is 22.0. The van der Waals surface area contributed by atoms with E-state index in [9.17, 15) is 9.59 Å². The second kappa shape index (κ2) is 3.77. The molecule has 1 aromatic heterocycles. The van der Waals surface area contributed by atoms with Crippen molar-refractivity contribution in [1.29, 1.82) is 0 Å². The molecule has 0 aliphatic heterocycles. The van der Waals surface area contributed by atoms with Crippen LogP contribution in [0.2, 0.25) is 0 Å². The molecule has 82 valence electrons. The summed E-state index contributed by atoms with van der Waals surface area (Å²) in [6.45, 7) is 0. The van der Waals surface area contributed by atoms with E-state index in [1.54, 1.807) is 0 Å². The number of hydrogen-bond donors (Lipinski definition) is 4. The third-order valence-corrected chi connectivity index (χ3v) is 1.40. The van der Waals surface area contributed by atoms with Crippen LogP contribution in [0, 0.1) is 0 Å². The lowest BCUT2D eigenvalue weighted by atomic mass is 10.7. The topological polar surface area (TPSA) is 175 Å². The van der Waals surface area contributed by atoms with E-state index >= 15 is 0 Å². The van der Waals surface area contributed by atoms with E-state index in [2.05, 4.69) is 10.3 Å². The third-order valence-electron chi connectivity index (χ3n) is 1.40. The van der Waals surface area contributed by atoms with Crippen LogP contribution in [-0.4, -0.2) is 27.2 Å². The number of nitrogens with zero attached hydrogens (tertiary/aromatic N) is 5. The monoisotopic (exact) mass is 215 g/mol. The first-order valence-corrected chi connectivity index (χ1v) is 3.54. The van der Waals surface area contributed by atoms with Crippen LogP contribution in [0.4, 0.5) is 15.4 Å². The predicted molar refractivity (Wildman–Crippen MR) is 48.3 cm³/mol. The van der Waals surface area contributed by atoms with Crippen molar-refractivity contribution in [3.63, 3.8) is 0 Å². The van der Waals surface area contributed by atoms with Crippen LogP contribution in [0.1, 0.15) is 0 Å². The van der Waals surface area contributed by atoms with E-state index in [0.717, 1.165) is 11.0 Å².